The van der Waals surface area contributed by atoms with E-state index >= 15 is 0 Å². The molecule has 22 heavy (non-hydrogen) atoms. The number of hydrogen-bond donors (Lipinski definition) is 2. The molecule has 0 bridgehead atoms. The third-order valence-electron chi connectivity index (χ3n) is 4.45. The van der Waals surface area contributed by atoms with Gasteiger partial charge in [-0.3, -0.25) is 4.79 Å². The summed E-state index contributed by atoms with van der Waals surface area (Å²) in [7, 11) is 0. The van der Waals surface area contributed by atoms with Crippen LogP contribution in [-0.4, -0.2) is 30.0 Å². The van der Waals surface area contributed by atoms with Gasteiger partial charge in [0.1, 0.15) is 5.82 Å². The average molecular weight is 304 g/mol. The van der Waals surface area contributed by atoms with Crippen LogP contribution in [0, 0.1) is 5.92 Å². The minimum Gasteiger partial charge on any atom is -0.357 e. The Bertz CT molecular complexity index is 470. The van der Waals surface area contributed by atoms with Gasteiger partial charge < -0.3 is 16.0 Å². The summed E-state index contributed by atoms with van der Waals surface area (Å²) in [5, 5.41) is 3.02. The van der Waals surface area contributed by atoms with Gasteiger partial charge in [-0.2, -0.15) is 0 Å². The van der Waals surface area contributed by atoms with Crippen molar-refractivity contribution in [3.05, 3.63) is 23.9 Å². The van der Waals surface area contributed by atoms with Crippen LogP contribution in [0.1, 0.15) is 45.1 Å². The fourth-order valence-electron chi connectivity index (χ4n) is 3.06. The zero-order valence-electron chi connectivity index (χ0n) is 13.7. The van der Waals surface area contributed by atoms with Crippen LogP contribution in [0.4, 0.5) is 5.82 Å². The highest BCUT2D eigenvalue weighted by Crippen LogP contribution is 2.23. The van der Waals surface area contributed by atoms with E-state index in [-0.39, 0.29) is 17.9 Å². The number of pyridine rings is 1. The summed E-state index contributed by atoms with van der Waals surface area (Å²) >= 11 is 0. The van der Waals surface area contributed by atoms with Gasteiger partial charge in [0.15, 0.2) is 0 Å². The molecule has 2 rings (SSSR count). The number of aromatic nitrogens is 1. The summed E-state index contributed by atoms with van der Waals surface area (Å²) in [5.41, 5.74) is 6.98. The lowest BCUT2D eigenvalue weighted by Crippen LogP contribution is -2.37. The molecule has 1 amide bonds. The number of anilines is 1. The molecule has 1 saturated carbocycles. The second kappa shape index (κ2) is 8.13. The first-order valence-corrected chi connectivity index (χ1v) is 8.37. The lowest BCUT2D eigenvalue weighted by molar-refractivity contribution is -0.126. The largest absolute Gasteiger partial charge is 0.357 e. The Balaban J connectivity index is 1.85. The van der Waals surface area contributed by atoms with Gasteiger partial charge >= 0.3 is 0 Å². The number of nitrogens with two attached hydrogens (primary N) is 1. The van der Waals surface area contributed by atoms with E-state index in [1.807, 2.05) is 18.3 Å². The Morgan fingerprint density at radius 1 is 1.36 bits per heavy atom. The molecule has 2 unspecified atom stereocenters. The van der Waals surface area contributed by atoms with Gasteiger partial charge in [-0.15, -0.1) is 0 Å². The fourth-order valence-corrected chi connectivity index (χ4v) is 3.06. The number of hydrogen-bond acceptors (Lipinski definition) is 4. The number of nitrogens with one attached hydrogen (secondary N) is 1. The van der Waals surface area contributed by atoms with E-state index in [0.717, 1.165) is 50.2 Å². The molecule has 1 heterocycles. The molecule has 0 radical (unpaired) electrons. The van der Waals surface area contributed by atoms with Crippen molar-refractivity contribution in [1.82, 2.24) is 10.3 Å². The monoisotopic (exact) mass is 304 g/mol. The molecule has 1 aliphatic carbocycles. The second-order valence-corrected chi connectivity index (χ2v) is 6.04. The van der Waals surface area contributed by atoms with Gasteiger partial charge in [0.25, 0.3) is 0 Å². The Labute approximate surface area is 133 Å². The molecule has 0 spiro atoms. The first-order chi connectivity index (χ1) is 10.6. The van der Waals surface area contributed by atoms with Crippen LogP contribution < -0.4 is 16.0 Å². The lowest BCUT2D eigenvalue weighted by atomic mass is 9.85. The van der Waals surface area contributed by atoms with E-state index in [0.29, 0.717) is 6.54 Å². The predicted molar refractivity (Wildman–Crippen MR) is 89.6 cm³/mol. The van der Waals surface area contributed by atoms with Crippen LogP contribution in [0.3, 0.4) is 0 Å². The van der Waals surface area contributed by atoms with Gasteiger partial charge in [-0.25, -0.2) is 4.98 Å². The summed E-state index contributed by atoms with van der Waals surface area (Å²) in [6.07, 6.45) is 5.71. The van der Waals surface area contributed by atoms with Crippen LogP contribution in [0.2, 0.25) is 0 Å². The smallest absolute Gasteiger partial charge is 0.223 e. The third-order valence-corrected chi connectivity index (χ3v) is 4.45. The third kappa shape index (κ3) is 4.44. The minimum absolute atomic E-state index is 0.0756. The van der Waals surface area contributed by atoms with Crippen molar-refractivity contribution in [2.45, 2.75) is 52.1 Å². The molecule has 5 nitrogen and oxygen atoms in total. The minimum atomic E-state index is 0.0756. The van der Waals surface area contributed by atoms with Gasteiger partial charge in [0.2, 0.25) is 5.91 Å². The number of amides is 1. The number of nitrogens with zero attached hydrogens (tertiary/aromatic N) is 2. The van der Waals surface area contributed by atoms with Crippen LogP contribution in [0.15, 0.2) is 18.3 Å². The molecule has 0 aromatic carbocycles. The Morgan fingerprint density at radius 2 is 2.14 bits per heavy atom. The fraction of sp³-hybridized carbons (Fsp3) is 0.647. The highest BCUT2D eigenvalue weighted by atomic mass is 16.1. The maximum atomic E-state index is 12.2. The SMILES string of the molecule is CCN(CC)c1ccc(CNC(=O)C2CCCC(N)C2)cn1. The molecule has 2 atom stereocenters. The van der Waals surface area contributed by atoms with Crippen molar-refractivity contribution in [3.8, 4) is 0 Å². The molecule has 3 N–H and O–H groups in total. The van der Waals surface area contributed by atoms with Gasteiger partial charge in [0, 0.05) is 37.8 Å². The number of carbonyl (C=O) groups excluding carboxylic acids is 1. The quantitative estimate of drug-likeness (QED) is 0.844. The summed E-state index contributed by atoms with van der Waals surface area (Å²) in [6, 6.07) is 4.23. The van der Waals surface area contributed by atoms with Crippen molar-refractivity contribution < 1.29 is 4.79 Å². The second-order valence-electron chi connectivity index (χ2n) is 6.04. The van der Waals surface area contributed by atoms with E-state index in [2.05, 4.69) is 29.0 Å². The Morgan fingerprint density at radius 3 is 2.73 bits per heavy atom. The molecule has 5 heteroatoms. The van der Waals surface area contributed by atoms with Crippen molar-refractivity contribution >= 4 is 11.7 Å². The first kappa shape index (κ1) is 16.7. The summed E-state index contributed by atoms with van der Waals surface area (Å²) in [6.45, 7) is 6.67. The van der Waals surface area contributed by atoms with E-state index in [9.17, 15) is 4.79 Å². The van der Waals surface area contributed by atoms with Gasteiger partial charge in [0.05, 0.1) is 0 Å². The van der Waals surface area contributed by atoms with Crippen LogP contribution in [0.5, 0.6) is 0 Å². The molecule has 0 aliphatic heterocycles. The van der Waals surface area contributed by atoms with Crippen LogP contribution in [0.25, 0.3) is 0 Å². The van der Waals surface area contributed by atoms with Gasteiger partial charge in [-0.05, 0) is 44.7 Å². The topological polar surface area (TPSA) is 71.2 Å². The zero-order chi connectivity index (χ0) is 15.9. The zero-order valence-corrected chi connectivity index (χ0v) is 13.7. The number of carbonyl (C=O) groups is 1. The van der Waals surface area contributed by atoms with Crippen LogP contribution >= 0.6 is 0 Å². The van der Waals surface area contributed by atoms with Crippen molar-refractivity contribution in [2.24, 2.45) is 11.7 Å². The molecule has 1 aliphatic rings. The summed E-state index contributed by atoms with van der Waals surface area (Å²) < 4.78 is 0. The molecular weight excluding hydrogens is 276 g/mol. The molecular formula is C17H28N4O. The molecule has 1 aromatic heterocycles. The highest BCUT2D eigenvalue weighted by molar-refractivity contribution is 5.78. The van der Waals surface area contributed by atoms with Crippen molar-refractivity contribution in [2.75, 3.05) is 18.0 Å². The van der Waals surface area contributed by atoms with Crippen molar-refractivity contribution in [3.63, 3.8) is 0 Å². The maximum Gasteiger partial charge on any atom is 0.223 e. The van der Waals surface area contributed by atoms with E-state index in [1.54, 1.807) is 0 Å². The van der Waals surface area contributed by atoms with E-state index in [1.165, 1.54) is 0 Å². The summed E-state index contributed by atoms with van der Waals surface area (Å²) in [5.74, 6) is 1.19. The van der Waals surface area contributed by atoms with E-state index in [4.69, 9.17) is 5.73 Å². The molecule has 1 fully saturated rings. The average Bonchev–Trinajstić information content (AvgIpc) is 2.55. The normalized spacial score (nSPS) is 21.4. The summed E-state index contributed by atoms with van der Waals surface area (Å²) in [4.78, 5) is 18.9. The molecule has 0 saturated heterocycles. The standard InChI is InChI=1S/C17H28N4O/c1-3-21(4-2)16-9-8-13(11-19-16)12-20-17(22)14-6-5-7-15(18)10-14/h8-9,11,14-15H,3-7,10,12,18H2,1-2H3,(H,20,22). The highest BCUT2D eigenvalue weighted by Gasteiger charge is 2.24. The number of rotatable bonds is 6. The predicted octanol–water partition coefficient (Wildman–Crippen LogP) is 2.06. The van der Waals surface area contributed by atoms with Gasteiger partial charge in [-0.1, -0.05) is 12.5 Å². The lowest BCUT2D eigenvalue weighted by Gasteiger charge is -2.25. The first-order valence-electron chi connectivity index (χ1n) is 8.37. The van der Waals surface area contributed by atoms with E-state index < -0.39 is 0 Å². The molecule has 122 valence electrons. The van der Waals surface area contributed by atoms with Crippen LogP contribution in [-0.2, 0) is 11.3 Å². The Kier molecular flexibility index (Phi) is 6.19. The Hall–Kier alpha value is -1.62. The molecule has 1 aromatic rings. The van der Waals surface area contributed by atoms with Crippen molar-refractivity contribution in [1.29, 1.82) is 0 Å². The maximum absolute atomic E-state index is 12.2.